The number of rotatable bonds is 9. The first-order chi connectivity index (χ1) is 11.7. The summed E-state index contributed by atoms with van der Waals surface area (Å²) >= 11 is 0.337. The van der Waals surface area contributed by atoms with Crippen LogP contribution in [0, 0.1) is 0 Å². The lowest BCUT2D eigenvalue weighted by molar-refractivity contribution is 0.541. The van der Waals surface area contributed by atoms with Crippen LogP contribution in [0.5, 0.6) is 5.75 Å². The minimum Gasteiger partial charge on any atom is -0.400 e. The van der Waals surface area contributed by atoms with Crippen molar-refractivity contribution in [2.75, 3.05) is 11.1 Å². The van der Waals surface area contributed by atoms with Gasteiger partial charge in [-0.2, -0.15) is 0 Å². The Hall–Kier alpha value is -2.11. The molecule has 24 heavy (non-hydrogen) atoms. The molecule has 0 heterocycles. The van der Waals surface area contributed by atoms with Crippen molar-refractivity contribution in [2.24, 2.45) is 0 Å². The molecule has 0 fully saturated rings. The Morgan fingerprint density at radius 1 is 1.21 bits per heavy atom. The normalized spacial score (nSPS) is 10.9. The molecular weight excluding hydrogens is 320 g/mol. The molecule has 2 aromatic carbocycles. The number of nitrogens with one attached hydrogen (secondary N) is 1. The van der Waals surface area contributed by atoms with Crippen LogP contribution in [0.25, 0.3) is 6.08 Å². The molecule has 2 aromatic rings. The van der Waals surface area contributed by atoms with Gasteiger partial charge in [-0.25, -0.2) is 0 Å². The lowest BCUT2D eigenvalue weighted by Crippen LogP contribution is -1.95. The van der Waals surface area contributed by atoms with Gasteiger partial charge >= 0.3 is 0 Å². The van der Waals surface area contributed by atoms with Gasteiger partial charge in [0.25, 0.3) is 0 Å². The molecule has 128 valence electrons. The highest BCUT2D eigenvalue weighted by Gasteiger charge is 2.00. The van der Waals surface area contributed by atoms with Crippen LogP contribution in [-0.2, 0) is 6.42 Å². The number of hydrogen-bond donors (Lipinski definition) is 3. The van der Waals surface area contributed by atoms with Gasteiger partial charge in [-0.05, 0) is 54.3 Å². The maximum Gasteiger partial charge on any atom is 0.222 e. The number of unbranched alkanes of at least 4 members (excludes halogenated alkanes) is 2. The summed E-state index contributed by atoms with van der Waals surface area (Å²) in [6.07, 6.45) is 8.52. The standard InChI is InChI=1S/C19H24N2O2S/c1-2-3-4-6-16-13-15(9-10-19(16)20)11-12-21-17-7-5-8-18(14-17)23-24-22/h5,7-14,21-22H,2-4,6,20H2,1H3/b12-11+. The van der Waals surface area contributed by atoms with E-state index in [0.29, 0.717) is 18.1 Å². The lowest BCUT2D eigenvalue weighted by Gasteiger charge is -2.07. The Balaban J connectivity index is 1.98. The molecule has 4 N–H and O–H groups in total. The molecule has 0 aromatic heterocycles. The predicted molar refractivity (Wildman–Crippen MR) is 104 cm³/mol. The highest BCUT2D eigenvalue weighted by molar-refractivity contribution is 7.89. The van der Waals surface area contributed by atoms with Crippen LogP contribution in [0.1, 0.15) is 37.3 Å². The molecule has 0 aliphatic rings. The van der Waals surface area contributed by atoms with E-state index < -0.39 is 0 Å². The van der Waals surface area contributed by atoms with E-state index in [1.54, 1.807) is 6.07 Å². The van der Waals surface area contributed by atoms with Crippen LogP contribution >= 0.6 is 12.3 Å². The molecule has 0 unspecified atom stereocenters. The zero-order chi connectivity index (χ0) is 17.2. The number of aryl methyl sites for hydroxylation is 1. The number of benzene rings is 2. The highest BCUT2D eigenvalue weighted by atomic mass is 32.2. The van der Waals surface area contributed by atoms with Gasteiger partial charge in [0.15, 0.2) is 0 Å². The molecule has 0 saturated heterocycles. The molecular formula is C19H24N2O2S. The quantitative estimate of drug-likeness (QED) is 0.314. The van der Waals surface area contributed by atoms with Gasteiger partial charge in [0.1, 0.15) is 5.75 Å². The predicted octanol–water partition coefficient (Wildman–Crippen LogP) is 5.58. The SMILES string of the molecule is CCCCCc1cc(/C=C/Nc2cccc(OSO)c2)ccc1N. The van der Waals surface area contributed by atoms with Crippen molar-refractivity contribution in [2.45, 2.75) is 32.6 Å². The summed E-state index contributed by atoms with van der Waals surface area (Å²) in [4.78, 5) is 0. The molecule has 2 rings (SSSR count). The van der Waals surface area contributed by atoms with Crippen molar-refractivity contribution in [1.29, 1.82) is 0 Å². The van der Waals surface area contributed by atoms with E-state index in [4.69, 9.17) is 14.5 Å². The van der Waals surface area contributed by atoms with Crippen LogP contribution in [0.4, 0.5) is 11.4 Å². The molecule has 0 bridgehead atoms. The summed E-state index contributed by atoms with van der Waals surface area (Å²) in [6, 6.07) is 13.5. The lowest BCUT2D eigenvalue weighted by atomic mass is 10.0. The van der Waals surface area contributed by atoms with E-state index in [-0.39, 0.29) is 0 Å². The van der Waals surface area contributed by atoms with Crippen LogP contribution in [0.15, 0.2) is 48.7 Å². The van der Waals surface area contributed by atoms with Gasteiger partial charge < -0.3 is 15.2 Å². The fourth-order valence-corrected chi connectivity index (χ4v) is 2.62. The maximum absolute atomic E-state index is 8.71. The van der Waals surface area contributed by atoms with Crippen LogP contribution < -0.4 is 15.2 Å². The number of nitrogens with two attached hydrogens (primary N) is 1. The van der Waals surface area contributed by atoms with Crippen molar-refractivity contribution in [3.63, 3.8) is 0 Å². The zero-order valence-electron chi connectivity index (χ0n) is 13.9. The molecule has 0 radical (unpaired) electrons. The Kier molecular flexibility index (Phi) is 7.52. The smallest absolute Gasteiger partial charge is 0.222 e. The summed E-state index contributed by atoms with van der Waals surface area (Å²) in [5, 5.41) is 3.20. The first kappa shape index (κ1) is 18.2. The van der Waals surface area contributed by atoms with E-state index in [9.17, 15) is 0 Å². The molecule has 0 atom stereocenters. The monoisotopic (exact) mass is 344 g/mol. The van der Waals surface area contributed by atoms with Gasteiger partial charge in [0, 0.05) is 23.6 Å². The Bertz CT molecular complexity index is 674. The van der Waals surface area contributed by atoms with E-state index in [0.717, 1.165) is 23.4 Å². The fraction of sp³-hybridized carbons (Fsp3) is 0.263. The number of hydrogen-bond acceptors (Lipinski definition) is 5. The molecule has 0 aliphatic carbocycles. The summed E-state index contributed by atoms with van der Waals surface area (Å²) in [5.41, 5.74) is 10.1. The maximum atomic E-state index is 8.71. The van der Waals surface area contributed by atoms with Gasteiger partial charge in [-0.3, -0.25) is 4.55 Å². The van der Waals surface area contributed by atoms with Crippen LogP contribution in [0.3, 0.4) is 0 Å². The molecule has 0 aliphatic heterocycles. The van der Waals surface area contributed by atoms with Crippen molar-refractivity contribution >= 4 is 29.8 Å². The van der Waals surface area contributed by atoms with Crippen LogP contribution in [0.2, 0.25) is 0 Å². The Labute approximate surface area is 148 Å². The fourth-order valence-electron chi connectivity index (χ4n) is 2.43. The first-order valence-electron chi connectivity index (χ1n) is 8.12. The van der Waals surface area contributed by atoms with Crippen molar-refractivity contribution in [3.8, 4) is 5.75 Å². The summed E-state index contributed by atoms with van der Waals surface area (Å²) in [7, 11) is 0. The molecule has 0 saturated carbocycles. The van der Waals surface area contributed by atoms with Gasteiger partial charge in [0.2, 0.25) is 12.3 Å². The minimum absolute atomic E-state index is 0.337. The summed E-state index contributed by atoms with van der Waals surface area (Å²) in [6.45, 7) is 2.20. The van der Waals surface area contributed by atoms with E-state index in [1.807, 2.05) is 42.6 Å². The second kappa shape index (κ2) is 9.90. The van der Waals surface area contributed by atoms with Crippen molar-refractivity contribution < 1.29 is 8.74 Å². The molecule has 4 nitrogen and oxygen atoms in total. The second-order valence-corrected chi connectivity index (χ2v) is 5.89. The van der Waals surface area contributed by atoms with Crippen molar-refractivity contribution in [1.82, 2.24) is 0 Å². The van der Waals surface area contributed by atoms with E-state index >= 15 is 0 Å². The van der Waals surface area contributed by atoms with Gasteiger partial charge in [0.05, 0.1) is 0 Å². The average molecular weight is 344 g/mol. The summed E-state index contributed by atoms with van der Waals surface area (Å²) in [5.74, 6) is 0.589. The number of nitrogen functional groups attached to an aromatic ring is 1. The van der Waals surface area contributed by atoms with E-state index in [2.05, 4.69) is 18.3 Å². The first-order valence-corrected chi connectivity index (χ1v) is 8.82. The number of anilines is 2. The average Bonchev–Trinajstić information content (AvgIpc) is 2.58. The van der Waals surface area contributed by atoms with Crippen LogP contribution in [-0.4, -0.2) is 4.55 Å². The van der Waals surface area contributed by atoms with Crippen molar-refractivity contribution in [3.05, 3.63) is 59.8 Å². The third kappa shape index (κ3) is 5.83. The Morgan fingerprint density at radius 3 is 2.88 bits per heavy atom. The topological polar surface area (TPSA) is 67.5 Å². The molecule has 0 amide bonds. The van der Waals surface area contributed by atoms with E-state index in [1.165, 1.54) is 24.8 Å². The minimum atomic E-state index is 0.337. The molecule has 0 spiro atoms. The largest absolute Gasteiger partial charge is 0.400 e. The van der Waals surface area contributed by atoms with Gasteiger partial charge in [-0.15, -0.1) is 0 Å². The molecule has 5 heteroatoms. The van der Waals surface area contributed by atoms with Gasteiger partial charge in [-0.1, -0.05) is 31.9 Å². The third-order valence-corrected chi connectivity index (χ3v) is 3.98. The Morgan fingerprint density at radius 2 is 2.08 bits per heavy atom. The highest BCUT2D eigenvalue weighted by Crippen LogP contribution is 2.21. The summed E-state index contributed by atoms with van der Waals surface area (Å²) < 4.78 is 13.7. The second-order valence-electron chi connectivity index (χ2n) is 5.58. The third-order valence-electron chi connectivity index (χ3n) is 3.71. The zero-order valence-corrected chi connectivity index (χ0v) is 14.7.